The van der Waals surface area contributed by atoms with Gasteiger partial charge in [-0.1, -0.05) is 29.8 Å². The molecule has 1 aromatic heterocycles. The van der Waals surface area contributed by atoms with Gasteiger partial charge in [0, 0.05) is 30.7 Å². The molecular formula is C13H22BrN3O. The number of carbonyl (C=O) groups is 1. The Labute approximate surface area is 117 Å². The molecule has 0 atom stereocenters. The van der Waals surface area contributed by atoms with Crippen LogP contribution in [0, 0.1) is 6.92 Å². The van der Waals surface area contributed by atoms with Crippen molar-refractivity contribution in [2.45, 2.75) is 39.7 Å². The van der Waals surface area contributed by atoms with Crippen LogP contribution in [0.4, 0.5) is 0 Å². The fourth-order valence-corrected chi connectivity index (χ4v) is 2.52. The summed E-state index contributed by atoms with van der Waals surface area (Å²) in [5.41, 5.74) is 1.64. The van der Waals surface area contributed by atoms with Crippen molar-refractivity contribution in [2.24, 2.45) is 7.05 Å². The molecular weight excluding hydrogens is 294 g/mol. The minimum Gasteiger partial charge on any atom is -0.335 e. The fraction of sp³-hybridized carbons (Fsp3) is 0.692. The molecule has 0 N–H and O–H groups in total. The molecule has 0 unspecified atom stereocenters. The van der Waals surface area contributed by atoms with E-state index in [-0.39, 0.29) is 5.91 Å². The summed E-state index contributed by atoms with van der Waals surface area (Å²) in [6, 6.07) is 0.301. The third kappa shape index (κ3) is 3.13. The average Bonchev–Trinajstić information content (AvgIpc) is 2.69. The Kier molecular flexibility index (Phi) is 5.85. The summed E-state index contributed by atoms with van der Waals surface area (Å²) < 4.78 is 1.74. The second-order valence-corrected chi connectivity index (χ2v) is 5.22. The molecule has 0 aromatic carbocycles. The van der Waals surface area contributed by atoms with Crippen molar-refractivity contribution in [1.82, 2.24) is 14.7 Å². The van der Waals surface area contributed by atoms with Crippen LogP contribution in [0.2, 0.25) is 0 Å². The first kappa shape index (κ1) is 15.2. The van der Waals surface area contributed by atoms with Crippen molar-refractivity contribution in [1.29, 1.82) is 0 Å². The van der Waals surface area contributed by atoms with E-state index in [2.05, 4.69) is 34.9 Å². The first-order chi connectivity index (χ1) is 8.56. The molecule has 102 valence electrons. The fourth-order valence-electron chi connectivity index (χ4n) is 2.13. The molecule has 0 saturated carbocycles. The van der Waals surface area contributed by atoms with Gasteiger partial charge in [0.15, 0.2) is 0 Å². The van der Waals surface area contributed by atoms with Gasteiger partial charge in [0.05, 0.1) is 11.8 Å². The van der Waals surface area contributed by atoms with E-state index >= 15 is 0 Å². The van der Waals surface area contributed by atoms with Crippen LogP contribution in [0.15, 0.2) is 6.20 Å². The molecule has 0 aliphatic carbocycles. The molecule has 0 aliphatic heterocycles. The van der Waals surface area contributed by atoms with E-state index in [1.165, 1.54) is 0 Å². The molecule has 1 aromatic rings. The first-order valence-corrected chi connectivity index (χ1v) is 7.54. The minimum atomic E-state index is 0.0914. The highest BCUT2D eigenvalue weighted by atomic mass is 79.9. The SMILES string of the molecule is CCC(CC)N(CCBr)C(=O)c1cnn(C)c1C. The van der Waals surface area contributed by atoms with Gasteiger partial charge in [0.1, 0.15) is 0 Å². The van der Waals surface area contributed by atoms with E-state index in [1.807, 2.05) is 18.9 Å². The highest BCUT2D eigenvalue weighted by Crippen LogP contribution is 2.16. The number of halogens is 1. The quantitative estimate of drug-likeness (QED) is 0.757. The number of hydrogen-bond donors (Lipinski definition) is 0. The van der Waals surface area contributed by atoms with Gasteiger partial charge in [-0.3, -0.25) is 9.48 Å². The largest absolute Gasteiger partial charge is 0.335 e. The maximum Gasteiger partial charge on any atom is 0.257 e. The molecule has 1 rings (SSSR count). The van der Waals surface area contributed by atoms with Crippen LogP contribution in [0.3, 0.4) is 0 Å². The van der Waals surface area contributed by atoms with Gasteiger partial charge in [-0.25, -0.2) is 0 Å². The van der Waals surface area contributed by atoms with Crippen LogP contribution < -0.4 is 0 Å². The van der Waals surface area contributed by atoms with Crippen LogP contribution >= 0.6 is 15.9 Å². The Balaban J connectivity index is 2.99. The van der Waals surface area contributed by atoms with Gasteiger partial charge in [-0.15, -0.1) is 0 Å². The minimum absolute atomic E-state index is 0.0914. The number of carbonyl (C=O) groups excluding carboxylic acids is 1. The second kappa shape index (κ2) is 6.92. The summed E-state index contributed by atoms with van der Waals surface area (Å²) in [5.74, 6) is 0.0914. The average molecular weight is 316 g/mol. The number of alkyl halides is 1. The van der Waals surface area contributed by atoms with Crippen molar-refractivity contribution in [3.8, 4) is 0 Å². The van der Waals surface area contributed by atoms with E-state index in [0.717, 1.165) is 30.4 Å². The van der Waals surface area contributed by atoms with Gasteiger partial charge >= 0.3 is 0 Å². The van der Waals surface area contributed by atoms with Gasteiger partial charge < -0.3 is 4.90 Å². The van der Waals surface area contributed by atoms with Crippen molar-refractivity contribution in [2.75, 3.05) is 11.9 Å². The lowest BCUT2D eigenvalue weighted by Crippen LogP contribution is -2.41. The smallest absolute Gasteiger partial charge is 0.257 e. The van der Waals surface area contributed by atoms with E-state index in [4.69, 9.17) is 0 Å². The Morgan fingerprint density at radius 2 is 2.11 bits per heavy atom. The zero-order valence-corrected chi connectivity index (χ0v) is 13.2. The predicted molar refractivity (Wildman–Crippen MR) is 77.1 cm³/mol. The molecule has 0 saturated heterocycles. The molecule has 0 aliphatic rings. The Hall–Kier alpha value is -0.840. The number of amides is 1. The molecule has 5 heteroatoms. The van der Waals surface area contributed by atoms with Crippen LogP contribution in [-0.4, -0.2) is 38.5 Å². The highest BCUT2D eigenvalue weighted by molar-refractivity contribution is 9.09. The number of hydrogen-bond acceptors (Lipinski definition) is 2. The molecule has 0 fully saturated rings. The molecule has 0 bridgehead atoms. The van der Waals surface area contributed by atoms with Crippen LogP contribution in [-0.2, 0) is 7.05 Å². The number of aryl methyl sites for hydroxylation is 1. The molecule has 1 heterocycles. The monoisotopic (exact) mass is 315 g/mol. The lowest BCUT2D eigenvalue weighted by molar-refractivity contribution is 0.0682. The second-order valence-electron chi connectivity index (χ2n) is 4.43. The van der Waals surface area contributed by atoms with E-state index < -0.39 is 0 Å². The zero-order chi connectivity index (χ0) is 13.7. The molecule has 4 nitrogen and oxygen atoms in total. The van der Waals surface area contributed by atoms with Crippen molar-refractivity contribution < 1.29 is 4.79 Å². The first-order valence-electron chi connectivity index (χ1n) is 6.42. The molecule has 0 radical (unpaired) electrons. The summed E-state index contributed by atoms with van der Waals surface area (Å²) in [5, 5.41) is 4.95. The van der Waals surface area contributed by atoms with Crippen molar-refractivity contribution in [3.05, 3.63) is 17.5 Å². The Morgan fingerprint density at radius 3 is 2.50 bits per heavy atom. The Morgan fingerprint density at radius 1 is 1.50 bits per heavy atom. The molecule has 1 amide bonds. The molecule has 18 heavy (non-hydrogen) atoms. The summed E-state index contributed by atoms with van der Waals surface area (Å²) >= 11 is 3.43. The topological polar surface area (TPSA) is 38.1 Å². The van der Waals surface area contributed by atoms with Crippen molar-refractivity contribution in [3.63, 3.8) is 0 Å². The predicted octanol–water partition coefficient (Wildman–Crippen LogP) is 2.75. The lowest BCUT2D eigenvalue weighted by Gasteiger charge is -2.30. The summed E-state index contributed by atoms with van der Waals surface area (Å²) in [6.07, 6.45) is 3.63. The third-order valence-corrected chi connectivity index (χ3v) is 3.79. The summed E-state index contributed by atoms with van der Waals surface area (Å²) in [4.78, 5) is 14.5. The number of rotatable bonds is 6. The maximum absolute atomic E-state index is 12.6. The summed E-state index contributed by atoms with van der Waals surface area (Å²) in [7, 11) is 1.86. The zero-order valence-electron chi connectivity index (χ0n) is 11.6. The van der Waals surface area contributed by atoms with Crippen LogP contribution in [0.5, 0.6) is 0 Å². The number of nitrogens with zero attached hydrogens (tertiary/aromatic N) is 3. The van der Waals surface area contributed by atoms with Gasteiger partial charge in [0.2, 0.25) is 0 Å². The van der Waals surface area contributed by atoms with E-state index in [9.17, 15) is 4.79 Å². The van der Waals surface area contributed by atoms with Crippen LogP contribution in [0.25, 0.3) is 0 Å². The Bertz CT molecular complexity index is 399. The number of aromatic nitrogens is 2. The summed E-state index contributed by atoms with van der Waals surface area (Å²) in [6.45, 7) is 6.91. The normalized spacial score (nSPS) is 11.0. The van der Waals surface area contributed by atoms with Crippen LogP contribution in [0.1, 0.15) is 42.7 Å². The van der Waals surface area contributed by atoms with E-state index in [1.54, 1.807) is 10.9 Å². The van der Waals surface area contributed by atoms with E-state index in [0.29, 0.717) is 11.6 Å². The standard InChI is InChI=1S/C13H22BrN3O/c1-5-11(6-2)17(8-7-14)13(18)12-9-15-16(4)10(12)3/h9,11H,5-8H2,1-4H3. The maximum atomic E-state index is 12.6. The van der Waals surface area contributed by atoms with Gasteiger partial charge in [-0.05, 0) is 19.8 Å². The lowest BCUT2D eigenvalue weighted by atomic mass is 10.1. The highest BCUT2D eigenvalue weighted by Gasteiger charge is 2.24. The third-order valence-electron chi connectivity index (χ3n) is 3.44. The van der Waals surface area contributed by atoms with Gasteiger partial charge in [0.25, 0.3) is 5.91 Å². The molecule has 0 spiro atoms. The van der Waals surface area contributed by atoms with Crippen molar-refractivity contribution >= 4 is 21.8 Å². The van der Waals surface area contributed by atoms with Gasteiger partial charge in [-0.2, -0.15) is 5.10 Å².